The molecule has 2 unspecified atom stereocenters. The summed E-state index contributed by atoms with van der Waals surface area (Å²) in [6.07, 6.45) is 2.72. The molecule has 1 aromatic carbocycles. The van der Waals surface area contributed by atoms with E-state index in [0.29, 0.717) is 12.0 Å². The molecule has 1 aliphatic rings. The van der Waals surface area contributed by atoms with Crippen molar-refractivity contribution in [1.82, 2.24) is 20.2 Å². The van der Waals surface area contributed by atoms with Gasteiger partial charge in [0, 0.05) is 24.3 Å². The van der Waals surface area contributed by atoms with E-state index in [1.807, 2.05) is 18.2 Å². The maximum atomic E-state index is 5.43. The minimum atomic E-state index is 0.395. The van der Waals surface area contributed by atoms with Crippen molar-refractivity contribution in [2.75, 3.05) is 18.5 Å². The lowest BCUT2D eigenvalue weighted by Gasteiger charge is -2.20. The summed E-state index contributed by atoms with van der Waals surface area (Å²) in [6, 6.07) is 8.47. The summed E-state index contributed by atoms with van der Waals surface area (Å²) in [4.78, 5) is 0. The van der Waals surface area contributed by atoms with Gasteiger partial charge in [0.1, 0.15) is 6.33 Å². The van der Waals surface area contributed by atoms with Crippen LogP contribution < -0.4 is 5.32 Å². The maximum Gasteiger partial charge on any atom is 0.143 e. The molecule has 1 saturated heterocycles. The standard InChI is InChI=1S/C13H17N5O/c1-10(11-5-6-19-8-11)15-12-3-2-4-13(7-12)18-9-14-16-17-18/h2-4,7,9-11,15H,5-6,8H2,1H3. The Morgan fingerprint density at radius 1 is 1.47 bits per heavy atom. The van der Waals surface area contributed by atoms with Gasteiger partial charge in [-0.3, -0.25) is 0 Å². The highest BCUT2D eigenvalue weighted by atomic mass is 16.5. The van der Waals surface area contributed by atoms with Crippen molar-refractivity contribution >= 4 is 5.69 Å². The molecular weight excluding hydrogens is 242 g/mol. The molecule has 2 atom stereocenters. The predicted molar refractivity (Wildman–Crippen MR) is 71.2 cm³/mol. The van der Waals surface area contributed by atoms with Gasteiger partial charge in [-0.05, 0) is 42.0 Å². The van der Waals surface area contributed by atoms with E-state index in [4.69, 9.17) is 4.74 Å². The Labute approximate surface area is 111 Å². The van der Waals surface area contributed by atoms with E-state index in [0.717, 1.165) is 31.0 Å². The molecular formula is C13H17N5O. The van der Waals surface area contributed by atoms with Crippen LogP contribution in [0.2, 0.25) is 0 Å². The van der Waals surface area contributed by atoms with Gasteiger partial charge in [-0.25, -0.2) is 4.68 Å². The van der Waals surface area contributed by atoms with Crippen molar-refractivity contribution < 1.29 is 4.74 Å². The lowest BCUT2D eigenvalue weighted by Crippen LogP contribution is -2.26. The van der Waals surface area contributed by atoms with E-state index in [2.05, 4.69) is 33.8 Å². The molecule has 6 heteroatoms. The molecule has 1 aromatic heterocycles. The topological polar surface area (TPSA) is 64.9 Å². The van der Waals surface area contributed by atoms with Crippen LogP contribution in [0.15, 0.2) is 30.6 Å². The van der Waals surface area contributed by atoms with Crippen LogP contribution in [0.25, 0.3) is 5.69 Å². The van der Waals surface area contributed by atoms with Gasteiger partial charge in [-0.2, -0.15) is 0 Å². The van der Waals surface area contributed by atoms with E-state index in [9.17, 15) is 0 Å². The summed E-state index contributed by atoms with van der Waals surface area (Å²) >= 11 is 0. The van der Waals surface area contributed by atoms with Crippen molar-refractivity contribution in [3.8, 4) is 5.69 Å². The van der Waals surface area contributed by atoms with Crippen molar-refractivity contribution in [3.63, 3.8) is 0 Å². The molecule has 0 radical (unpaired) electrons. The van der Waals surface area contributed by atoms with Crippen LogP contribution >= 0.6 is 0 Å². The Hall–Kier alpha value is -1.95. The van der Waals surface area contributed by atoms with Gasteiger partial charge in [0.2, 0.25) is 0 Å². The Balaban J connectivity index is 1.72. The van der Waals surface area contributed by atoms with Crippen molar-refractivity contribution in [1.29, 1.82) is 0 Å². The number of hydrogen-bond acceptors (Lipinski definition) is 5. The molecule has 2 heterocycles. The highest BCUT2D eigenvalue weighted by molar-refractivity contribution is 5.51. The molecule has 1 N–H and O–H groups in total. The second-order valence-electron chi connectivity index (χ2n) is 4.86. The van der Waals surface area contributed by atoms with Crippen LogP contribution in [0.5, 0.6) is 0 Å². The molecule has 100 valence electrons. The molecule has 3 rings (SSSR count). The summed E-state index contributed by atoms with van der Waals surface area (Å²) in [5, 5.41) is 14.7. The zero-order chi connectivity index (χ0) is 13.1. The number of hydrogen-bond donors (Lipinski definition) is 1. The Bertz CT molecular complexity index is 522. The zero-order valence-corrected chi connectivity index (χ0v) is 10.9. The Morgan fingerprint density at radius 3 is 3.16 bits per heavy atom. The van der Waals surface area contributed by atoms with Gasteiger partial charge < -0.3 is 10.1 Å². The molecule has 0 aliphatic carbocycles. The minimum absolute atomic E-state index is 0.395. The second-order valence-corrected chi connectivity index (χ2v) is 4.86. The predicted octanol–water partition coefficient (Wildman–Crippen LogP) is 1.50. The third kappa shape index (κ3) is 2.73. The monoisotopic (exact) mass is 259 g/mol. The number of nitrogens with zero attached hydrogens (tertiary/aromatic N) is 4. The molecule has 0 saturated carbocycles. The van der Waals surface area contributed by atoms with Crippen molar-refractivity contribution in [3.05, 3.63) is 30.6 Å². The fraction of sp³-hybridized carbons (Fsp3) is 0.462. The van der Waals surface area contributed by atoms with Gasteiger partial charge in [0.05, 0.1) is 12.3 Å². The number of ether oxygens (including phenoxy) is 1. The van der Waals surface area contributed by atoms with Gasteiger partial charge in [0.25, 0.3) is 0 Å². The minimum Gasteiger partial charge on any atom is -0.382 e. The van der Waals surface area contributed by atoms with Gasteiger partial charge in [0.15, 0.2) is 0 Å². The van der Waals surface area contributed by atoms with E-state index in [1.165, 1.54) is 0 Å². The number of benzene rings is 1. The van der Waals surface area contributed by atoms with E-state index in [1.54, 1.807) is 11.0 Å². The van der Waals surface area contributed by atoms with E-state index < -0.39 is 0 Å². The number of aromatic nitrogens is 4. The van der Waals surface area contributed by atoms with Gasteiger partial charge in [-0.1, -0.05) is 6.07 Å². The number of nitrogens with one attached hydrogen (secondary N) is 1. The summed E-state index contributed by atoms with van der Waals surface area (Å²) in [5.74, 6) is 0.580. The van der Waals surface area contributed by atoms with Gasteiger partial charge in [-0.15, -0.1) is 5.10 Å². The first-order valence-corrected chi connectivity index (χ1v) is 6.50. The number of rotatable bonds is 4. The average Bonchev–Trinajstić information content (AvgIpc) is 3.13. The van der Waals surface area contributed by atoms with Crippen molar-refractivity contribution in [2.24, 2.45) is 5.92 Å². The smallest absolute Gasteiger partial charge is 0.143 e. The molecule has 0 bridgehead atoms. The highest BCUT2D eigenvalue weighted by Gasteiger charge is 2.22. The Kier molecular flexibility index (Phi) is 3.41. The molecule has 6 nitrogen and oxygen atoms in total. The SMILES string of the molecule is CC(Nc1cccc(-n2cnnn2)c1)C1CCOC1. The highest BCUT2D eigenvalue weighted by Crippen LogP contribution is 2.21. The van der Waals surface area contributed by atoms with Crippen LogP contribution in [0.4, 0.5) is 5.69 Å². The first-order chi connectivity index (χ1) is 9.33. The first-order valence-electron chi connectivity index (χ1n) is 6.50. The van der Waals surface area contributed by atoms with E-state index in [-0.39, 0.29) is 0 Å². The number of anilines is 1. The summed E-state index contributed by atoms with van der Waals surface area (Å²) in [6.45, 7) is 3.92. The third-order valence-electron chi connectivity index (χ3n) is 3.53. The molecule has 0 spiro atoms. The summed E-state index contributed by atoms with van der Waals surface area (Å²) in [5.41, 5.74) is 2.03. The largest absolute Gasteiger partial charge is 0.382 e. The second kappa shape index (κ2) is 5.36. The lowest BCUT2D eigenvalue weighted by molar-refractivity contribution is 0.183. The van der Waals surface area contributed by atoms with Crippen LogP contribution in [-0.4, -0.2) is 39.5 Å². The Morgan fingerprint density at radius 2 is 2.42 bits per heavy atom. The van der Waals surface area contributed by atoms with Crippen LogP contribution in [0.1, 0.15) is 13.3 Å². The third-order valence-corrected chi connectivity index (χ3v) is 3.53. The van der Waals surface area contributed by atoms with Crippen LogP contribution in [0.3, 0.4) is 0 Å². The maximum absolute atomic E-state index is 5.43. The fourth-order valence-electron chi connectivity index (χ4n) is 2.35. The van der Waals surface area contributed by atoms with Gasteiger partial charge >= 0.3 is 0 Å². The summed E-state index contributed by atoms with van der Waals surface area (Å²) in [7, 11) is 0. The molecule has 0 amide bonds. The first kappa shape index (κ1) is 12.1. The quantitative estimate of drug-likeness (QED) is 0.901. The van der Waals surface area contributed by atoms with Crippen LogP contribution in [0, 0.1) is 5.92 Å². The average molecular weight is 259 g/mol. The molecule has 1 fully saturated rings. The summed E-state index contributed by atoms with van der Waals surface area (Å²) < 4.78 is 7.08. The lowest BCUT2D eigenvalue weighted by atomic mass is 10.0. The van der Waals surface area contributed by atoms with Crippen LogP contribution in [-0.2, 0) is 4.74 Å². The fourth-order valence-corrected chi connectivity index (χ4v) is 2.35. The molecule has 1 aliphatic heterocycles. The zero-order valence-electron chi connectivity index (χ0n) is 10.9. The normalized spacial score (nSPS) is 20.4. The van der Waals surface area contributed by atoms with Crippen molar-refractivity contribution in [2.45, 2.75) is 19.4 Å². The van der Waals surface area contributed by atoms with E-state index >= 15 is 0 Å². The number of tetrazole rings is 1. The molecule has 2 aromatic rings. The molecule has 19 heavy (non-hydrogen) atoms.